The van der Waals surface area contributed by atoms with Gasteiger partial charge >= 0.3 is 0 Å². The summed E-state index contributed by atoms with van der Waals surface area (Å²) in [5.74, 6) is 1.42. The molecule has 0 spiro atoms. The van der Waals surface area contributed by atoms with Gasteiger partial charge in [-0.15, -0.1) is 11.3 Å². The predicted molar refractivity (Wildman–Crippen MR) is 121 cm³/mol. The molecule has 0 radical (unpaired) electrons. The number of hydrogen-bond donors (Lipinski definition) is 1. The molecular weight excluding hydrogens is 382 g/mol. The van der Waals surface area contributed by atoms with Crippen molar-refractivity contribution in [3.8, 4) is 0 Å². The largest absolute Gasteiger partial charge is 0.351 e. The maximum absolute atomic E-state index is 12.7. The van der Waals surface area contributed by atoms with E-state index in [0.29, 0.717) is 16.8 Å². The van der Waals surface area contributed by atoms with E-state index in [0.717, 1.165) is 53.5 Å². The molecule has 1 N–H and O–H groups in total. The van der Waals surface area contributed by atoms with Gasteiger partial charge in [-0.05, 0) is 43.4 Å². The molecule has 3 heterocycles. The highest BCUT2D eigenvalue weighted by Gasteiger charge is 2.21. The Morgan fingerprint density at radius 2 is 1.90 bits per heavy atom. The standard InChI is InChI=1S/C23H29N3O2S/c1-15-11-16(2)14-26(13-15)10-6-9-24-22(27)20-12-18-21(29-20)17-7-4-5-8-19(17)25(3)23(18)28/h4-5,7-8,12,15-16H,6,9-11,13-14H2,1-3H3,(H,24,27)/t15-,16-/m0/s1. The van der Waals surface area contributed by atoms with E-state index in [1.165, 1.54) is 17.8 Å². The summed E-state index contributed by atoms with van der Waals surface area (Å²) in [6.07, 6.45) is 2.26. The van der Waals surface area contributed by atoms with Gasteiger partial charge < -0.3 is 14.8 Å². The van der Waals surface area contributed by atoms with E-state index in [1.807, 2.05) is 24.3 Å². The summed E-state index contributed by atoms with van der Waals surface area (Å²) in [7, 11) is 1.78. The highest BCUT2D eigenvalue weighted by molar-refractivity contribution is 7.21. The average molecular weight is 412 g/mol. The Kier molecular flexibility index (Phi) is 5.74. The van der Waals surface area contributed by atoms with Crippen LogP contribution in [0.4, 0.5) is 0 Å². The van der Waals surface area contributed by atoms with Crippen LogP contribution in [0.15, 0.2) is 35.1 Å². The maximum Gasteiger partial charge on any atom is 0.261 e. The molecule has 3 aromatic rings. The van der Waals surface area contributed by atoms with Crippen LogP contribution in [0.2, 0.25) is 0 Å². The zero-order chi connectivity index (χ0) is 20.5. The molecule has 1 aromatic carbocycles. The number of likely N-dealkylation sites (tertiary alicyclic amines) is 1. The van der Waals surface area contributed by atoms with Crippen LogP contribution in [0.3, 0.4) is 0 Å². The molecule has 0 aliphatic carbocycles. The first kappa shape index (κ1) is 20.1. The Bertz CT molecular complexity index is 1090. The maximum atomic E-state index is 12.7. The van der Waals surface area contributed by atoms with Crippen molar-refractivity contribution in [1.29, 1.82) is 0 Å². The first-order valence-electron chi connectivity index (χ1n) is 10.5. The van der Waals surface area contributed by atoms with Crippen LogP contribution < -0.4 is 10.9 Å². The van der Waals surface area contributed by atoms with Crippen molar-refractivity contribution in [2.75, 3.05) is 26.2 Å². The molecule has 0 unspecified atom stereocenters. The third-order valence-electron chi connectivity index (χ3n) is 5.88. The highest BCUT2D eigenvalue weighted by atomic mass is 32.1. The van der Waals surface area contributed by atoms with Gasteiger partial charge in [0.2, 0.25) is 0 Å². The van der Waals surface area contributed by atoms with Gasteiger partial charge in [0, 0.05) is 36.8 Å². The van der Waals surface area contributed by atoms with Gasteiger partial charge in [0.1, 0.15) is 0 Å². The molecule has 1 saturated heterocycles. The lowest BCUT2D eigenvalue weighted by atomic mass is 9.92. The minimum Gasteiger partial charge on any atom is -0.351 e. The van der Waals surface area contributed by atoms with E-state index in [2.05, 4.69) is 24.1 Å². The number of nitrogens with zero attached hydrogens (tertiary/aromatic N) is 2. The summed E-state index contributed by atoms with van der Waals surface area (Å²) in [4.78, 5) is 28.5. The zero-order valence-corrected chi connectivity index (χ0v) is 18.2. The van der Waals surface area contributed by atoms with Gasteiger partial charge in [0.05, 0.1) is 15.8 Å². The Labute approximate surface area is 175 Å². The topological polar surface area (TPSA) is 54.3 Å². The fraction of sp³-hybridized carbons (Fsp3) is 0.478. The fourth-order valence-corrected chi connectivity index (χ4v) is 5.78. The molecule has 1 amide bonds. The van der Waals surface area contributed by atoms with Crippen LogP contribution >= 0.6 is 11.3 Å². The van der Waals surface area contributed by atoms with E-state index in [4.69, 9.17) is 0 Å². The number of piperidine rings is 1. The second-order valence-corrected chi connectivity index (χ2v) is 9.60. The summed E-state index contributed by atoms with van der Waals surface area (Å²) in [5.41, 5.74) is 0.839. The third kappa shape index (κ3) is 4.09. The van der Waals surface area contributed by atoms with Gasteiger partial charge in [-0.25, -0.2) is 0 Å². The van der Waals surface area contributed by atoms with Crippen LogP contribution in [0.1, 0.15) is 36.4 Å². The number of carbonyl (C=O) groups excluding carboxylic acids is 1. The number of pyridine rings is 1. The van der Waals surface area contributed by atoms with Gasteiger partial charge in [0.15, 0.2) is 0 Å². The first-order chi connectivity index (χ1) is 13.9. The number of para-hydroxylation sites is 1. The Balaban J connectivity index is 1.43. The van der Waals surface area contributed by atoms with Crippen molar-refractivity contribution in [2.45, 2.75) is 26.7 Å². The van der Waals surface area contributed by atoms with Crippen molar-refractivity contribution in [1.82, 2.24) is 14.8 Å². The van der Waals surface area contributed by atoms with E-state index in [1.54, 1.807) is 17.7 Å². The van der Waals surface area contributed by atoms with Crippen LogP contribution in [0.5, 0.6) is 0 Å². The molecule has 0 bridgehead atoms. The molecule has 29 heavy (non-hydrogen) atoms. The molecular formula is C23H29N3O2S. The number of amides is 1. The number of thiophene rings is 1. The number of rotatable bonds is 5. The molecule has 2 atom stereocenters. The predicted octanol–water partition coefficient (Wildman–Crippen LogP) is 3.85. The van der Waals surface area contributed by atoms with E-state index >= 15 is 0 Å². The number of benzene rings is 1. The normalized spacial score (nSPS) is 20.4. The van der Waals surface area contributed by atoms with Crippen molar-refractivity contribution >= 4 is 38.2 Å². The summed E-state index contributed by atoms with van der Waals surface area (Å²) >= 11 is 1.41. The highest BCUT2D eigenvalue weighted by Crippen LogP contribution is 2.30. The van der Waals surface area contributed by atoms with Gasteiger partial charge in [-0.3, -0.25) is 9.59 Å². The fourth-order valence-electron chi connectivity index (χ4n) is 4.68. The first-order valence-corrected chi connectivity index (χ1v) is 11.3. The lowest BCUT2D eigenvalue weighted by Crippen LogP contribution is -2.40. The number of carbonyl (C=O) groups is 1. The molecule has 5 nitrogen and oxygen atoms in total. The molecule has 1 aliphatic heterocycles. The smallest absolute Gasteiger partial charge is 0.261 e. The monoisotopic (exact) mass is 411 g/mol. The van der Waals surface area contributed by atoms with Gasteiger partial charge in [-0.2, -0.15) is 0 Å². The average Bonchev–Trinajstić information content (AvgIpc) is 3.14. The second-order valence-electron chi connectivity index (χ2n) is 8.55. The minimum absolute atomic E-state index is 0.0534. The molecule has 6 heteroatoms. The Morgan fingerprint density at radius 3 is 2.66 bits per heavy atom. The zero-order valence-electron chi connectivity index (χ0n) is 17.4. The van der Waals surface area contributed by atoms with Gasteiger partial charge in [0.25, 0.3) is 11.5 Å². The van der Waals surface area contributed by atoms with E-state index in [9.17, 15) is 9.59 Å². The minimum atomic E-state index is -0.0854. The Morgan fingerprint density at radius 1 is 1.17 bits per heavy atom. The summed E-state index contributed by atoms with van der Waals surface area (Å²) < 4.78 is 2.55. The SMILES string of the molecule is C[C@H]1C[C@H](C)CN(CCCNC(=O)c2cc3c(=O)n(C)c4ccccc4c3s2)C1. The van der Waals surface area contributed by atoms with Crippen molar-refractivity contribution < 1.29 is 4.79 Å². The van der Waals surface area contributed by atoms with E-state index in [-0.39, 0.29) is 11.5 Å². The Hall–Kier alpha value is -2.18. The van der Waals surface area contributed by atoms with Crippen molar-refractivity contribution in [2.24, 2.45) is 18.9 Å². The van der Waals surface area contributed by atoms with Crippen LogP contribution in [0.25, 0.3) is 21.0 Å². The molecule has 154 valence electrons. The van der Waals surface area contributed by atoms with E-state index < -0.39 is 0 Å². The lowest BCUT2D eigenvalue weighted by Gasteiger charge is -2.34. The van der Waals surface area contributed by atoms with Crippen LogP contribution in [0, 0.1) is 11.8 Å². The molecule has 4 rings (SSSR count). The summed E-state index contributed by atoms with van der Waals surface area (Å²) in [6.45, 7) is 8.63. The van der Waals surface area contributed by atoms with Crippen LogP contribution in [-0.2, 0) is 7.05 Å². The number of nitrogens with one attached hydrogen (secondary N) is 1. The number of fused-ring (bicyclic) bond motifs is 3. The van der Waals surface area contributed by atoms with Crippen LogP contribution in [-0.4, -0.2) is 41.6 Å². The third-order valence-corrected chi connectivity index (χ3v) is 7.05. The summed E-state index contributed by atoms with van der Waals surface area (Å²) in [5, 5.41) is 4.68. The molecule has 1 aliphatic rings. The van der Waals surface area contributed by atoms with Gasteiger partial charge in [-0.1, -0.05) is 32.0 Å². The second kappa shape index (κ2) is 8.28. The van der Waals surface area contributed by atoms with Crippen molar-refractivity contribution in [3.05, 3.63) is 45.6 Å². The van der Waals surface area contributed by atoms with Crippen molar-refractivity contribution in [3.63, 3.8) is 0 Å². The molecule has 2 aromatic heterocycles. The summed E-state index contributed by atoms with van der Waals surface area (Å²) in [6, 6.07) is 9.60. The number of aromatic nitrogens is 1. The quantitative estimate of drug-likeness (QED) is 0.649. The molecule has 0 saturated carbocycles. The molecule has 1 fully saturated rings. The lowest BCUT2D eigenvalue weighted by molar-refractivity contribution is 0.0951. The number of hydrogen-bond acceptors (Lipinski definition) is 4. The number of aryl methyl sites for hydroxylation is 1.